The van der Waals surface area contributed by atoms with Gasteiger partial charge < -0.3 is 10.0 Å². The molecule has 4 rings (SSSR count). The molecule has 150 valence electrons. The summed E-state index contributed by atoms with van der Waals surface area (Å²) in [6.45, 7) is 6.48. The number of amides is 1. The lowest BCUT2D eigenvalue weighted by molar-refractivity contribution is -0.142. The first kappa shape index (κ1) is 19.2. The molecule has 1 aromatic carbocycles. The molecule has 6 heteroatoms. The summed E-state index contributed by atoms with van der Waals surface area (Å²) in [6.07, 6.45) is 5.86. The maximum atomic E-state index is 12.8. The van der Waals surface area contributed by atoms with Gasteiger partial charge in [0.15, 0.2) is 0 Å². The molecule has 2 aliphatic rings. The lowest BCUT2D eigenvalue weighted by atomic mass is 9.71. The van der Waals surface area contributed by atoms with Crippen LogP contribution < -0.4 is 0 Å². The third-order valence-electron chi connectivity index (χ3n) is 6.44. The number of benzene rings is 1. The molecule has 1 aromatic heterocycles. The van der Waals surface area contributed by atoms with Crippen LogP contribution in [0.3, 0.4) is 0 Å². The third-order valence-corrected chi connectivity index (χ3v) is 6.44. The van der Waals surface area contributed by atoms with Crippen LogP contribution in [0, 0.1) is 12.3 Å². The highest BCUT2D eigenvalue weighted by Crippen LogP contribution is 2.39. The first-order valence-electron chi connectivity index (χ1n) is 10.3. The van der Waals surface area contributed by atoms with Gasteiger partial charge in [0.1, 0.15) is 6.54 Å². The van der Waals surface area contributed by atoms with Gasteiger partial charge in [-0.1, -0.05) is 24.3 Å². The van der Waals surface area contributed by atoms with Crippen molar-refractivity contribution in [2.24, 2.45) is 5.41 Å². The standard InChI is InChI=1S/C22H30N4O2/c1-18-6-2-3-7-19(18)14-24-13-8-20(27)22(16-24)9-4-11-25(17-22)21(28)15-26-12-5-10-23-26/h2-3,5-7,10,12,20,27H,4,8-9,11,13-17H2,1H3/t20-,22-/m1/s1. The number of rotatable bonds is 4. The summed E-state index contributed by atoms with van der Waals surface area (Å²) >= 11 is 0. The Labute approximate surface area is 166 Å². The third kappa shape index (κ3) is 3.98. The van der Waals surface area contributed by atoms with E-state index in [9.17, 15) is 9.90 Å². The smallest absolute Gasteiger partial charge is 0.244 e. The first-order chi connectivity index (χ1) is 13.6. The van der Waals surface area contributed by atoms with Crippen LogP contribution in [0.1, 0.15) is 30.4 Å². The Hall–Kier alpha value is -2.18. The number of likely N-dealkylation sites (tertiary alicyclic amines) is 2. The fourth-order valence-corrected chi connectivity index (χ4v) is 4.81. The molecule has 1 amide bonds. The van der Waals surface area contributed by atoms with Crippen LogP contribution in [0.15, 0.2) is 42.7 Å². The largest absolute Gasteiger partial charge is 0.392 e. The van der Waals surface area contributed by atoms with Crippen molar-refractivity contribution < 1.29 is 9.90 Å². The maximum absolute atomic E-state index is 12.8. The minimum Gasteiger partial charge on any atom is -0.392 e. The molecule has 2 atom stereocenters. The molecule has 0 radical (unpaired) electrons. The zero-order chi connectivity index (χ0) is 19.6. The average Bonchev–Trinajstić information content (AvgIpc) is 3.20. The Balaban J connectivity index is 1.45. The molecule has 1 spiro atoms. The number of piperidine rings is 2. The Morgan fingerprint density at radius 3 is 2.89 bits per heavy atom. The zero-order valence-corrected chi connectivity index (χ0v) is 16.6. The van der Waals surface area contributed by atoms with E-state index in [0.29, 0.717) is 6.54 Å². The highest BCUT2D eigenvalue weighted by molar-refractivity contribution is 5.76. The molecule has 2 saturated heterocycles. The topological polar surface area (TPSA) is 61.6 Å². The molecule has 0 unspecified atom stereocenters. The highest BCUT2D eigenvalue weighted by atomic mass is 16.3. The van der Waals surface area contributed by atoms with Crippen molar-refractivity contribution in [1.29, 1.82) is 0 Å². The number of hydrogen-bond acceptors (Lipinski definition) is 4. The van der Waals surface area contributed by atoms with Gasteiger partial charge >= 0.3 is 0 Å². The summed E-state index contributed by atoms with van der Waals surface area (Å²) in [5.74, 6) is 0.0889. The van der Waals surface area contributed by atoms with E-state index in [4.69, 9.17) is 0 Å². The van der Waals surface area contributed by atoms with Gasteiger partial charge in [0.05, 0.1) is 6.10 Å². The number of aryl methyl sites for hydroxylation is 1. The number of hydrogen-bond donors (Lipinski definition) is 1. The SMILES string of the molecule is Cc1ccccc1CN1CC[C@@H](O)[C@]2(CCCN(C(=O)Cn3cccn3)C2)C1. The molecular weight excluding hydrogens is 352 g/mol. The van der Waals surface area contributed by atoms with E-state index in [-0.39, 0.29) is 24.0 Å². The predicted octanol–water partition coefficient (Wildman–Crippen LogP) is 2.07. The molecular formula is C22H30N4O2. The molecule has 1 N–H and O–H groups in total. The maximum Gasteiger partial charge on any atom is 0.244 e. The van der Waals surface area contributed by atoms with Crippen LogP contribution in [0.2, 0.25) is 0 Å². The summed E-state index contributed by atoms with van der Waals surface area (Å²) < 4.78 is 1.67. The van der Waals surface area contributed by atoms with Gasteiger partial charge in [0.25, 0.3) is 0 Å². The molecule has 2 aliphatic heterocycles. The molecule has 28 heavy (non-hydrogen) atoms. The summed E-state index contributed by atoms with van der Waals surface area (Å²) in [4.78, 5) is 17.2. The first-order valence-corrected chi connectivity index (χ1v) is 10.3. The van der Waals surface area contributed by atoms with Crippen LogP contribution >= 0.6 is 0 Å². The summed E-state index contributed by atoms with van der Waals surface area (Å²) in [7, 11) is 0. The second-order valence-electron chi connectivity index (χ2n) is 8.43. The quantitative estimate of drug-likeness (QED) is 0.879. The lowest BCUT2D eigenvalue weighted by Crippen LogP contribution is -2.59. The van der Waals surface area contributed by atoms with Crippen molar-refractivity contribution >= 4 is 5.91 Å². The van der Waals surface area contributed by atoms with E-state index >= 15 is 0 Å². The molecule has 0 saturated carbocycles. The van der Waals surface area contributed by atoms with E-state index in [0.717, 1.165) is 45.4 Å². The van der Waals surface area contributed by atoms with Gasteiger partial charge in [-0.2, -0.15) is 5.10 Å². The number of carbonyl (C=O) groups excluding carboxylic acids is 1. The van der Waals surface area contributed by atoms with Crippen molar-refractivity contribution in [3.63, 3.8) is 0 Å². The zero-order valence-electron chi connectivity index (χ0n) is 16.6. The summed E-state index contributed by atoms with van der Waals surface area (Å²) in [5.41, 5.74) is 2.43. The molecule has 2 aromatic rings. The molecule has 3 heterocycles. The predicted molar refractivity (Wildman–Crippen MR) is 108 cm³/mol. The van der Waals surface area contributed by atoms with Gasteiger partial charge in [0.2, 0.25) is 5.91 Å². The van der Waals surface area contributed by atoms with Crippen molar-refractivity contribution in [3.8, 4) is 0 Å². The van der Waals surface area contributed by atoms with Gasteiger partial charge in [-0.3, -0.25) is 14.4 Å². The second-order valence-corrected chi connectivity index (χ2v) is 8.43. The van der Waals surface area contributed by atoms with Gasteiger partial charge in [0, 0.05) is 50.5 Å². The fourth-order valence-electron chi connectivity index (χ4n) is 4.81. The number of aliphatic hydroxyl groups excluding tert-OH is 1. The minimum absolute atomic E-state index is 0.0889. The molecule has 0 aliphatic carbocycles. The fraction of sp³-hybridized carbons (Fsp3) is 0.545. The van der Waals surface area contributed by atoms with Crippen LogP contribution in [0.25, 0.3) is 0 Å². The van der Waals surface area contributed by atoms with E-state index < -0.39 is 0 Å². The molecule has 2 fully saturated rings. The van der Waals surface area contributed by atoms with Crippen LogP contribution in [0.4, 0.5) is 0 Å². The highest BCUT2D eigenvalue weighted by Gasteiger charge is 2.46. The van der Waals surface area contributed by atoms with E-state index in [2.05, 4.69) is 41.2 Å². The monoisotopic (exact) mass is 382 g/mol. The Kier molecular flexibility index (Phi) is 5.51. The van der Waals surface area contributed by atoms with Crippen molar-refractivity contribution in [2.45, 2.75) is 45.4 Å². The number of aromatic nitrogens is 2. The van der Waals surface area contributed by atoms with Gasteiger partial charge in [-0.05, 0) is 43.4 Å². The van der Waals surface area contributed by atoms with Crippen LogP contribution in [-0.2, 0) is 17.9 Å². The van der Waals surface area contributed by atoms with Gasteiger partial charge in [-0.25, -0.2) is 0 Å². The van der Waals surface area contributed by atoms with Crippen molar-refractivity contribution in [1.82, 2.24) is 19.6 Å². The van der Waals surface area contributed by atoms with Crippen LogP contribution in [0.5, 0.6) is 0 Å². The number of nitrogens with zero attached hydrogens (tertiary/aromatic N) is 4. The Bertz CT molecular complexity index is 807. The molecule has 6 nitrogen and oxygen atoms in total. The molecule has 0 bridgehead atoms. The second kappa shape index (κ2) is 8.05. The number of carbonyl (C=O) groups is 1. The Morgan fingerprint density at radius 1 is 1.25 bits per heavy atom. The van der Waals surface area contributed by atoms with Crippen LogP contribution in [-0.4, -0.2) is 62.9 Å². The Morgan fingerprint density at radius 2 is 2.11 bits per heavy atom. The average molecular weight is 383 g/mol. The summed E-state index contributed by atoms with van der Waals surface area (Å²) in [6, 6.07) is 10.3. The van der Waals surface area contributed by atoms with E-state index in [1.807, 2.05) is 17.2 Å². The van der Waals surface area contributed by atoms with E-state index in [1.54, 1.807) is 10.9 Å². The lowest BCUT2D eigenvalue weighted by Gasteiger charge is -2.51. The van der Waals surface area contributed by atoms with Gasteiger partial charge in [-0.15, -0.1) is 0 Å². The van der Waals surface area contributed by atoms with Crippen molar-refractivity contribution in [3.05, 3.63) is 53.9 Å². The van der Waals surface area contributed by atoms with Crippen molar-refractivity contribution in [2.75, 3.05) is 26.2 Å². The summed E-state index contributed by atoms with van der Waals surface area (Å²) in [5, 5.41) is 15.0. The normalized spacial score (nSPS) is 25.9. The van der Waals surface area contributed by atoms with E-state index in [1.165, 1.54) is 11.1 Å². The minimum atomic E-state index is -0.346. The number of aliphatic hydroxyl groups is 1.